The van der Waals surface area contributed by atoms with Crippen LogP contribution in [-0.4, -0.2) is 55.1 Å². The van der Waals surface area contributed by atoms with Gasteiger partial charge in [0, 0.05) is 18.1 Å². The van der Waals surface area contributed by atoms with Gasteiger partial charge in [0.1, 0.15) is 23.0 Å². The van der Waals surface area contributed by atoms with Crippen molar-refractivity contribution < 1.29 is 16.8 Å². The van der Waals surface area contributed by atoms with Gasteiger partial charge in [-0.15, -0.1) is 0 Å². The highest BCUT2D eigenvalue weighted by Gasteiger charge is 2.21. The fraction of sp³-hybridized carbons (Fsp3) is 0.167. The first-order chi connectivity index (χ1) is 13.9. The Kier molecular flexibility index (Phi) is 4.43. The van der Waals surface area contributed by atoms with Crippen LogP contribution in [0.15, 0.2) is 40.1 Å². The summed E-state index contributed by atoms with van der Waals surface area (Å²) in [5.41, 5.74) is 7.94. The molecule has 2 heterocycles. The van der Waals surface area contributed by atoms with Crippen molar-refractivity contribution in [1.82, 2.24) is 19.9 Å². The minimum absolute atomic E-state index is 0.0553. The molecule has 0 spiro atoms. The molecule has 0 atom stereocenters. The Morgan fingerprint density at radius 2 is 1.63 bits per heavy atom. The van der Waals surface area contributed by atoms with Crippen LogP contribution >= 0.6 is 0 Å². The standard InChI is InChI=1S/C18H18N6O4S2/c1-29(25,26)10-6-13-17(14(7-10)30(2,27)28)24-16(23-13)8-15-21-11-4-3-9(18(19)20)5-12(11)22-15/h3-7H,8H2,1-2H3,(H3,19,20)(H,21,22)(H,23,24). The zero-order valence-corrected chi connectivity index (χ0v) is 17.6. The zero-order valence-electron chi connectivity index (χ0n) is 16.0. The van der Waals surface area contributed by atoms with E-state index in [1.807, 2.05) is 0 Å². The summed E-state index contributed by atoms with van der Waals surface area (Å²) in [6.45, 7) is 0. The molecule has 5 N–H and O–H groups in total. The molecule has 0 bridgehead atoms. The first kappa shape index (κ1) is 20.0. The molecule has 0 radical (unpaired) electrons. The zero-order chi connectivity index (χ0) is 21.8. The molecule has 2 aromatic heterocycles. The molecule has 0 fully saturated rings. The second-order valence-corrected chi connectivity index (χ2v) is 11.1. The van der Waals surface area contributed by atoms with Gasteiger partial charge in [0.2, 0.25) is 0 Å². The number of nitrogens with one attached hydrogen (secondary N) is 3. The Morgan fingerprint density at radius 1 is 0.967 bits per heavy atom. The fourth-order valence-electron chi connectivity index (χ4n) is 3.16. The van der Waals surface area contributed by atoms with Gasteiger partial charge in [-0.05, 0) is 30.3 Å². The van der Waals surface area contributed by atoms with Gasteiger partial charge >= 0.3 is 0 Å². The summed E-state index contributed by atoms with van der Waals surface area (Å²) in [6, 6.07) is 7.65. The van der Waals surface area contributed by atoms with E-state index in [2.05, 4.69) is 19.9 Å². The smallest absolute Gasteiger partial charge is 0.177 e. The molecule has 0 aliphatic carbocycles. The van der Waals surface area contributed by atoms with E-state index in [0.29, 0.717) is 33.8 Å². The van der Waals surface area contributed by atoms with Crippen LogP contribution in [0.1, 0.15) is 17.2 Å². The van der Waals surface area contributed by atoms with Crippen LogP contribution in [0.4, 0.5) is 0 Å². The van der Waals surface area contributed by atoms with Crippen LogP contribution < -0.4 is 5.73 Å². The lowest BCUT2D eigenvalue weighted by atomic mass is 10.2. The third-order valence-electron chi connectivity index (χ3n) is 4.58. The highest BCUT2D eigenvalue weighted by molar-refractivity contribution is 7.91. The predicted molar refractivity (Wildman–Crippen MR) is 112 cm³/mol. The number of hydrogen-bond acceptors (Lipinski definition) is 7. The lowest BCUT2D eigenvalue weighted by Gasteiger charge is -2.03. The normalized spacial score (nSPS) is 12.6. The molecular weight excluding hydrogens is 428 g/mol. The molecule has 0 amide bonds. The van der Waals surface area contributed by atoms with Crippen molar-refractivity contribution in [2.45, 2.75) is 16.2 Å². The Morgan fingerprint density at radius 3 is 2.27 bits per heavy atom. The number of hydrogen-bond donors (Lipinski definition) is 4. The number of sulfone groups is 2. The van der Waals surface area contributed by atoms with E-state index in [1.54, 1.807) is 18.2 Å². The average molecular weight is 447 g/mol. The number of H-pyrrole nitrogens is 2. The van der Waals surface area contributed by atoms with Gasteiger partial charge in [0.25, 0.3) is 0 Å². The number of nitrogens with two attached hydrogens (primary N) is 1. The Labute approximate surface area is 171 Å². The first-order valence-electron chi connectivity index (χ1n) is 8.67. The molecule has 2 aromatic carbocycles. The Balaban J connectivity index is 1.80. The monoisotopic (exact) mass is 446 g/mol. The third-order valence-corrected chi connectivity index (χ3v) is 6.78. The molecule has 4 aromatic rings. The second-order valence-electron chi connectivity index (χ2n) is 7.05. The lowest BCUT2D eigenvalue weighted by Crippen LogP contribution is -2.10. The number of amidine groups is 1. The summed E-state index contributed by atoms with van der Waals surface area (Å²) in [5.74, 6) is 0.931. The Hall–Kier alpha value is -3.25. The van der Waals surface area contributed by atoms with Crippen LogP contribution in [0.3, 0.4) is 0 Å². The molecule has 30 heavy (non-hydrogen) atoms. The number of fused-ring (bicyclic) bond motifs is 2. The fourth-order valence-corrected chi connectivity index (χ4v) is 4.75. The van der Waals surface area contributed by atoms with Gasteiger partial charge in [0.15, 0.2) is 19.7 Å². The van der Waals surface area contributed by atoms with E-state index in [4.69, 9.17) is 11.1 Å². The molecule has 156 valence electrons. The summed E-state index contributed by atoms with van der Waals surface area (Å²) in [5, 5.41) is 7.53. The number of rotatable bonds is 5. The van der Waals surface area contributed by atoms with Crippen molar-refractivity contribution in [3.05, 3.63) is 47.5 Å². The van der Waals surface area contributed by atoms with Crippen molar-refractivity contribution in [2.24, 2.45) is 5.73 Å². The molecule has 4 rings (SSSR count). The van der Waals surface area contributed by atoms with Crippen molar-refractivity contribution in [1.29, 1.82) is 5.41 Å². The molecular formula is C18H18N6O4S2. The van der Waals surface area contributed by atoms with Crippen LogP contribution in [0.2, 0.25) is 0 Å². The number of nitrogens with zero attached hydrogens (tertiary/aromatic N) is 2. The lowest BCUT2D eigenvalue weighted by molar-refractivity contribution is 0.601. The van der Waals surface area contributed by atoms with E-state index in [0.717, 1.165) is 18.6 Å². The maximum absolute atomic E-state index is 12.2. The van der Waals surface area contributed by atoms with E-state index < -0.39 is 19.7 Å². The largest absolute Gasteiger partial charge is 0.384 e. The second kappa shape index (κ2) is 6.64. The van der Waals surface area contributed by atoms with E-state index in [-0.39, 0.29) is 27.6 Å². The third kappa shape index (κ3) is 3.66. The maximum Gasteiger partial charge on any atom is 0.177 e. The number of benzene rings is 2. The van der Waals surface area contributed by atoms with E-state index in [1.165, 1.54) is 6.07 Å². The SMILES string of the molecule is CS(=O)(=O)c1cc(S(C)(=O)=O)c2nc(Cc3nc4ccc(C(=N)N)cc4[nH]3)[nH]c2c1. The summed E-state index contributed by atoms with van der Waals surface area (Å²) in [6.07, 6.45) is 2.26. The molecule has 0 saturated heterocycles. The van der Waals surface area contributed by atoms with Crippen LogP contribution in [0.25, 0.3) is 22.1 Å². The van der Waals surface area contributed by atoms with Gasteiger partial charge in [-0.1, -0.05) is 0 Å². The molecule has 10 nitrogen and oxygen atoms in total. The van der Waals surface area contributed by atoms with E-state index in [9.17, 15) is 16.8 Å². The first-order valence-corrected chi connectivity index (χ1v) is 12.5. The van der Waals surface area contributed by atoms with Crippen molar-refractivity contribution in [3.63, 3.8) is 0 Å². The Bertz CT molecular complexity index is 1550. The van der Waals surface area contributed by atoms with Gasteiger partial charge in [-0.3, -0.25) is 5.41 Å². The molecule has 0 aliphatic heterocycles. The van der Waals surface area contributed by atoms with Crippen molar-refractivity contribution >= 4 is 47.6 Å². The topological polar surface area (TPSA) is 176 Å². The predicted octanol–water partition coefficient (Wildman–Crippen LogP) is 1.12. The summed E-state index contributed by atoms with van der Waals surface area (Å²) < 4.78 is 48.3. The molecule has 0 saturated carbocycles. The summed E-state index contributed by atoms with van der Waals surface area (Å²) in [7, 11) is -7.32. The van der Waals surface area contributed by atoms with Crippen LogP contribution in [0.5, 0.6) is 0 Å². The van der Waals surface area contributed by atoms with Crippen molar-refractivity contribution in [2.75, 3.05) is 12.5 Å². The summed E-state index contributed by atoms with van der Waals surface area (Å²) in [4.78, 5) is 14.7. The van der Waals surface area contributed by atoms with Crippen molar-refractivity contribution in [3.8, 4) is 0 Å². The molecule has 12 heteroatoms. The number of aromatic nitrogens is 4. The van der Waals surface area contributed by atoms with Gasteiger partial charge in [0.05, 0.1) is 32.8 Å². The highest BCUT2D eigenvalue weighted by Crippen LogP contribution is 2.26. The maximum atomic E-state index is 12.2. The number of aromatic amines is 2. The van der Waals surface area contributed by atoms with Gasteiger partial charge in [-0.25, -0.2) is 26.8 Å². The van der Waals surface area contributed by atoms with E-state index >= 15 is 0 Å². The molecule has 0 aliphatic rings. The number of nitrogen functional groups attached to an aromatic ring is 1. The summed E-state index contributed by atoms with van der Waals surface area (Å²) >= 11 is 0. The van der Waals surface area contributed by atoms with Crippen LogP contribution in [-0.2, 0) is 26.1 Å². The van der Waals surface area contributed by atoms with Crippen LogP contribution in [0, 0.1) is 5.41 Å². The van der Waals surface area contributed by atoms with Gasteiger partial charge in [-0.2, -0.15) is 0 Å². The quantitative estimate of drug-likeness (QED) is 0.262. The van der Waals surface area contributed by atoms with Gasteiger partial charge < -0.3 is 15.7 Å². The minimum atomic E-state index is -3.71. The number of imidazole rings is 2. The minimum Gasteiger partial charge on any atom is -0.384 e. The molecule has 0 unspecified atom stereocenters. The average Bonchev–Trinajstić information content (AvgIpc) is 3.20. The highest BCUT2D eigenvalue weighted by atomic mass is 32.2.